The van der Waals surface area contributed by atoms with Crippen molar-refractivity contribution in [1.29, 1.82) is 0 Å². The van der Waals surface area contributed by atoms with Crippen molar-refractivity contribution >= 4 is 21.9 Å². The van der Waals surface area contributed by atoms with E-state index >= 15 is 0 Å². The van der Waals surface area contributed by atoms with Gasteiger partial charge in [0.15, 0.2) is 0 Å². The lowest BCUT2D eigenvalue weighted by atomic mass is 10.2. The van der Waals surface area contributed by atoms with Crippen molar-refractivity contribution in [1.82, 2.24) is 14.8 Å². The summed E-state index contributed by atoms with van der Waals surface area (Å²) in [6, 6.07) is 16.7. The van der Waals surface area contributed by atoms with Gasteiger partial charge in [0.25, 0.3) is 5.56 Å². The number of benzene rings is 2. The second-order valence-electron chi connectivity index (χ2n) is 5.03. The van der Waals surface area contributed by atoms with Crippen LogP contribution in [0.25, 0.3) is 27.6 Å². The Balaban J connectivity index is 1.98. The number of rotatable bonds is 2. The number of ether oxygens (including phenoxy) is 1. The van der Waals surface area contributed by atoms with Crippen LogP contribution in [-0.2, 0) is 0 Å². The molecule has 0 aliphatic rings. The molecule has 0 bridgehead atoms. The van der Waals surface area contributed by atoms with Crippen LogP contribution in [-0.4, -0.2) is 21.9 Å². The van der Waals surface area contributed by atoms with E-state index in [-0.39, 0.29) is 5.56 Å². The molecule has 0 saturated heterocycles. The van der Waals surface area contributed by atoms with Crippen LogP contribution in [0.1, 0.15) is 0 Å². The van der Waals surface area contributed by atoms with Crippen molar-refractivity contribution in [3.63, 3.8) is 0 Å². The summed E-state index contributed by atoms with van der Waals surface area (Å²) in [5.74, 6) is 0.741. The van der Waals surface area contributed by atoms with Gasteiger partial charge in [-0.2, -0.15) is 9.78 Å². The Morgan fingerprint density at radius 2 is 1.82 bits per heavy atom. The number of hydrogen-bond acceptors (Lipinski definition) is 3. The van der Waals surface area contributed by atoms with Crippen molar-refractivity contribution in [2.45, 2.75) is 0 Å². The third-order valence-corrected chi connectivity index (χ3v) is 3.70. The fraction of sp³-hybridized carbons (Fsp3) is 0.0588. The number of nitrogens with one attached hydrogen (secondary N) is 1. The molecule has 22 heavy (non-hydrogen) atoms. The normalized spacial score (nSPS) is 11.1. The summed E-state index contributed by atoms with van der Waals surface area (Å²) >= 11 is 0. The second kappa shape index (κ2) is 4.73. The predicted molar refractivity (Wildman–Crippen MR) is 85.7 cm³/mol. The number of methoxy groups -OCH3 is 1. The molecule has 108 valence electrons. The zero-order valence-corrected chi connectivity index (χ0v) is 11.9. The summed E-state index contributed by atoms with van der Waals surface area (Å²) in [7, 11) is 1.61. The molecule has 0 radical (unpaired) electrons. The maximum Gasteiger partial charge on any atom is 0.273 e. The number of para-hydroxylation sites is 1. The fourth-order valence-electron chi connectivity index (χ4n) is 2.60. The van der Waals surface area contributed by atoms with Crippen LogP contribution in [0.3, 0.4) is 0 Å². The first-order chi connectivity index (χ1) is 10.8. The first kappa shape index (κ1) is 12.6. The minimum atomic E-state index is -0.177. The summed E-state index contributed by atoms with van der Waals surface area (Å²) in [5.41, 5.74) is 3.03. The van der Waals surface area contributed by atoms with E-state index in [1.54, 1.807) is 13.2 Å². The van der Waals surface area contributed by atoms with E-state index in [2.05, 4.69) is 10.1 Å². The van der Waals surface area contributed by atoms with Crippen molar-refractivity contribution in [3.05, 3.63) is 65.0 Å². The SMILES string of the molecule is COc1ccc(-n2nc3c(cc2=O)[nH]c2ccccc23)cc1. The number of nitrogens with zero attached hydrogens (tertiary/aromatic N) is 2. The molecule has 0 aliphatic heterocycles. The summed E-state index contributed by atoms with van der Waals surface area (Å²) < 4.78 is 6.54. The third kappa shape index (κ3) is 1.87. The summed E-state index contributed by atoms with van der Waals surface area (Å²) in [6.07, 6.45) is 0. The van der Waals surface area contributed by atoms with Gasteiger partial charge in [0, 0.05) is 17.0 Å². The van der Waals surface area contributed by atoms with E-state index in [0.717, 1.165) is 27.7 Å². The molecule has 2 aromatic carbocycles. The molecule has 0 saturated carbocycles. The molecule has 4 aromatic rings. The van der Waals surface area contributed by atoms with Gasteiger partial charge in [-0.3, -0.25) is 4.79 Å². The maximum absolute atomic E-state index is 12.3. The van der Waals surface area contributed by atoms with Crippen LogP contribution in [0.5, 0.6) is 5.75 Å². The van der Waals surface area contributed by atoms with Gasteiger partial charge < -0.3 is 9.72 Å². The average molecular weight is 291 g/mol. The van der Waals surface area contributed by atoms with E-state index in [1.165, 1.54) is 4.68 Å². The fourth-order valence-corrected chi connectivity index (χ4v) is 2.60. The predicted octanol–water partition coefficient (Wildman–Crippen LogP) is 2.88. The third-order valence-electron chi connectivity index (χ3n) is 3.70. The first-order valence-corrected chi connectivity index (χ1v) is 6.91. The molecule has 2 aromatic heterocycles. The van der Waals surface area contributed by atoms with E-state index in [1.807, 2.05) is 48.5 Å². The van der Waals surface area contributed by atoms with Gasteiger partial charge in [-0.1, -0.05) is 18.2 Å². The van der Waals surface area contributed by atoms with Gasteiger partial charge >= 0.3 is 0 Å². The highest BCUT2D eigenvalue weighted by molar-refractivity contribution is 6.04. The summed E-state index contributed by atoms with van der Waals surface area (Å²) in [4.78, 5) is 15.5. The highest BCUT2D eigenvalue weighted by Crippen LogP contribution is 2.22. The quantitative estimate of drug-likeness (QED) is 0.618. The van der Waals surface area contributed by atoms with Gasteiger partial charge in [0.2, 0.25) is 0 Å². The molecule has 2 heterocycles. The van der Waals surface area contributed by atoms with Crippen LogP contribution in [0.4, 0.5) is 0 Å². The van der Waals surface area contributed by atoms with Gasteiger partial charge in [0.05, 0.1) is 18.3 Å². The van der Waals surface area contributed by atoms with Crippen LogP contribution in [0.2, 0.25) is 0 Å². The molecule has 4 rings (SSSR count). The second-order valence-corrected chi connectivity index (χ2v) is 5.03. The van der Waals surface area contributed by atoms with Crippen LogP contribution < -0.4 is 10.3 Å². The first-order valence-electron chi connectivity index (χ1n) is 6.91. The van der Waals surface area contributed by atoms with Crippen molar-refractivity contribution in [2.75, 3.05) is 7.11 Å². The number of aromatic nitrogens is 3. The average Bonchev–Trinajstić information content (AvgIpc) is 2.91. The van der Waals surface area contributed by atoms with Gasteiger partial charge in [-0.15, -0.1) is 0 Å². The molecule has 5 nitrogen and oxygen atoms in total. The van der Waals surface area contributed by atoms with Crippen molar-refractivity contribution in [3.8, 4) is 11.4 Å². The van der Waals surface area contributed by atoms with Crippen LogP contribution in [0, 0.1) is 0 Å². The monoisotopic (exact) mass is 291 g/mol. The van der Waals surface area contributed by atoms with Gasteiger partial charge in [-0.05, 0) is 30.3 Å². The Bertz CT molecular complexity index is 1030. The lowest BCUT2D eigenvalue weighted by Gasteiger charge is -2.05. The Labute approximate surface area is 125 Å². The zero-order chi connectivity index (χ0) is 15.1. The molecular formula is C17H13N3O2. The lowest BCUT2D eigenvalue weighted by molar-refractivity contribution is 0.414. The Hall–Kier alpha value is -3.08. The summed E-state index contributed by atoms with van der Waals surface area (Å²) in [5, 5.41) is 5.52. The molecule has 0 atom stereocenters. The highest BCUT2D eigenvalue weighted by atomic mass is 16.5. The van der Waals surface area contributed by atoms with E-state index < -0.39 is 0 Å². The molecular weight excluding hydrogens is 278 g/mol. The molecule has 0 aliphatic carbocycles. The van der Waals surface area contributed by atoms with Crippen LogP contribution >= 0.6 is 0 Å². The molecule has 0 unspecified atom stereocenters. The summed E-state index contributed by atoms with van der Waals surface area (Å²) in [6.45, 7) is 0. The number of hydrogen-bond donors (Lipinski definition) is 1. The lowest BCUT2D eigenvalue weighted by Crippen LogP contribution is -2.19. The van der Waals surface area contributed by atoms with Gasteiger partial charge in [0.1, 0.15) is 11.3 Å². The van der Waals surface area contributed by atoms with E-state index in [9.17, 15) is 4.79 Å². The van der Waals surface area contributed by atoms with Crippen molar-refractivity contribution in [2.24, 2.45) is 0 Å². The number of H-pyrrole nitrogens is 1. The standard InChI is InChI=1S/C17H13N3O2/c1-22-12-8-6-11(7-9-12)20-16(21)10-15-17(19-20)13-4-2-3-5-14(13)18-15/h2-10,18H,1H3. The number of aromatic amines is 1. The zero-order valence-electron chi connectivity index (χ0n) is 11.9. The molecule has 0 amide bonds. The Morgan fingerprint density at radius 3 is 2.59 bits per heavy atom. The smallest absolute Gasteiger partial charge is 0.273 e. The largest absolute Gasteiger partial charge is 0.497 e. The minimum absolute atomic E-state index is 0.177. The molecule has 5 heteroatoms. The maximum atomic E-state index is 12.3. The number of fused-ring (bicyclic) bond motifs is 3. The van der Waals surface area contributed by atoms with Crippen molar-refractivity contribution < 1.29 is 4.74 Å². The Kier molecular flexibility index (Phi) is 2.72. The minimum Gasteiger partial charge on any atom is -0.497 e. The molecule has 1 N–H and O–H groups in total. The molecule has 0 spiro atoms. The molecule has 0 fully saturated rings. The van der Waals surface area contributed by atoms with E-state index in [0.29, 0.717) is 5.69 Å². The van der Waals surface area contributed by atoms with Gasteiger partial charge in [-0.25, -0.2) is 0 Å². The van der Waals surface area contributed by atoms with Crippen LogP contribution in [0.15, 0.2) is 59.4 Å². The topological polar surface area (TPSA) is 59.9 Å². The Morgan fingerprint density at radius 1 is 1.05 bits per heavy atom. The van der Waals surface area contributed by atoms with E-state index in [4.69, 9.17) is 4.74 Å². The highest BCUT2D eigenvalue weighted by Gasteiger charge is 2.09.